The van der Waals surface area contributed by atoms with Gasteiger partial charge in [-0.25, -0.2) is 0 Å². The van der Waals surface area contributed by atoms with Crippen molar-refractivity contribution in [3.8, 4) is 5.75 Å². The minimum atomic E-state index is 0.235. The second-order valence-corrected chi connectivity index (χ2v) is 7.13. The molecular weight excluding hydrogens is 246 g/mol. The topological polar surface area (TPSA) is 21.3 Å². The minimum Gasteiger partial charge on any atom is -0.491 e. The molecule has 1 aliphatic carbocycles. The lowest BCUT2D eigenvalue weighted by molar-refractivity contribution is 0.206. The van der Waals surface area contributed by atoms with Crippen molar-refractivity contribution in [1.29, 1.82) is 0 Å². The van der Waals surface area contributed by atoms with E-state index in [0.717, 1.165) is 12.3 Å². The summed E-state index contributed by atoms with van der Waals surface area (Å²) in [4.78, 5) is 0. The highest BCUT2D eigenvalue weighted by Gasteiger charge is 2.26. The van der Waals surface area contributed by atoms with Crippen LogP contribution in [0, 0.1) is 5.41 Å². The Kier molecular flexibility index (Phi) is 5.09. The van der Waals surface area contributed by atoms with Gasteiger partial charge < -0.3 is 10.1 Å². The van der Waals surface area contributed by atoms with Crippen LogP contribution in [-0.2, 0) is 6.54 Å². The molecule has 1 fully saturated rings. The van der Waals surface area contributed by atoms with Gasteiger partial charge in [0.15, 0.2) is 0 Å². The molecule has 0 aromatic heterocycles. The molecule has 2 heteroatoms. The average Bonchev–Trinajstić information content (AvgIpc) is 2.37. The fraction of sp³-hybridized carbons (Fsp3) is 0.667. The van der Waals surface area contributed by atoms with E-state index in [4.69, 9.17) is 4.74 Å². The molecule has 0 spiro atoms. The third-order valence-electron chi connectivity index (χ3n) is 4.20. The first-order valence-corrected chi connectivity index (χ1v) is 7.94. The van der Waals surface area contributed by atoms with Gasteiger partial charge in [0.25, 0.3) is 0 Å². The second kappa shape index (κ2) is 6.62. The van der Waals surface area contributed by atoms with E-state index in [0.29, 0.717) is 11.5 Å². The molecule has 1 aromatic rings. The fourth-order valence-corrected chi connectivity index (χ4v) is 2.87. The molecule has 0 saturated heterocycles. The van der Waals surface area contributed by atoms with Crippen LogP contribution in [0.1, 0.15) is 58.9 Å². The first kappa shape index (κ1) is 15.4. The largest absolute Gasteiger partial charge is 0.491 e. The zero-order valence-electron chi connectivity index (χ0n) is 13.4. The molecule has 0 amide bonds. The van der Waals surface area contributed by atoms with Gasteiger partial charge in [-0.2, -0.15) is 0 Å². The fourth-order valence-electron chi connectivity index (χ4n) is 2.87. The molecule has 112 valence electrons. The maximum Gasteiger partial charge on any atom is 0.120 e. The van der Waals surface area contributed by atoms with Gasteiger partial charge >= 0.3 is 0 Å². The van der Waals surface area contributed by atoms with Gasteiger partial charge in [-0.3, -0.25) is 0 Å². The SMILES string of the molecule is CC(C)Oc1cccc(CNC2CCC(C)(C)CC2)c1. The summed E-state index contributed by atoms with van der Waals surface area (Å²) in [6.07, 6.45) is 5.51. The molecule has 0 bridgehead atoms. The number of hydrogen-bond donors (Lipinski definition) is 1. The van der Waals surface area contributed by atoms with Crippen molar-refractivity contribution in [3.63, 3.8) is 0 Å². The van der Waals surface area contributed by atoms with Gasteiger partial charge in [0.2, 0.25) is 0 Å². The van der Waals surface area contributed by atoms with Crippen molar-refractivity contribution in [2.75, 3.05) is 0 Å². The van der Waals surface area contributed by atoms with E-state index >= 15 is 0 Å². The third-order valence-corrected chi connectivity index (χ3v) is 4.20. The summed E-state index contributed by atoms with van der Waals surface area (Å²) in [6.45, 7) is 9.84. The van der Waals surface area contributed by atoms with Gasteiger partial charge in [0.1, 0.15) is 5.75 Å². The van der Waals surface area contributed by atoms with Crippen LogP contribution < -0.4 is 10.1 Å². The van der Waals surface area contributed by atoms with Crippen LogP contribution in [0.15, 0.2) is 24.3 Å². The number of ether oxygens (including phenoxy) is 1. The number of rotatable bonds is 5. The van der Waals surface area contributed by atoms with Crippen LogP contribution in [0.2, 0.25) is 0 Å². The molecule has 1 aromatic carbocycles. The zero-order valence-corrected chi connectivity index (χ0v) is 13.4. The summed E-state index contributed by atoms with van der Waals surface area (Å²) in [5.41, 5.74) is 1.86. The number of nitrogens with one attached hydrogen (secondary N) is 1. The maximum atomic E-state index is 5.75. The van der Waals surface area contributed by atoms with Crippen LogP contribution in [0.25, 0.3) is 0 Å². The first-order valence-electron chi connectivity index (χ1n) is 7.94. The normalized spacial score (nSPS) is 19.2. The standard InChI is InChI=1S/C18H29NO/c1-14(2)20-17-7-5-6-15(12-17)13-19-16-8-10-18(3,4)11-9-16/h5-7,12,14,16,19H,8-11,13H2,1-4H3. The monoisotopic (exact) mass is 275 g/mol. The Morgan fingerprint density at radius 3 is 2.60 bits per heavy atom. The van der Waals surface area contributed by atoms with Crippen LogP contribution in [0.5, 0.6) is 5.75 Å². The van der Waals surface area contributed by atoms with Gasteiger partial charge in [0.05, 0.1) is 6.10 Å². The lowest BCUT2D eigenvalue weighted by Gasteiger charge is -2.34. The summed E-state index contributed by atoms with van der Waals surface area (Å²) in [5, 5.41) is 3.70. The summed E-state index contributed by atoms with van der Waals surface area (Å²) < 4.78 is 5.75. The van der Waals surface area contributed by atoms with Crippen molar-refractivity contribution >= 4 is 0 Å². The second-order valence-electron chi connectivity index (χ2n) is 7.13. The average molecular weight is 275 g/mol. The number of benzene rings is 1. The predicted octanol–water partition coefficient (Wildman–Crippen LogP) is 4.53. The van der Waals surface area contributed by atoms with Gasteiger partial charge in [0, 0.05) is 12.6 Å². The maximum absolute atomic E-state index is 5.75. The Morgan fingerprint density at radius 1 is 1.25 bits per heavy atom. The highest BCUT2D eigenvalue weighted by Crippen LogP contribution is 2.35. The molecule has 0 atom stereocenters. The van der Waals surface area contributed by atoms with E-state index in [-0.39, 0.29) is 6.10 Å². The van der Waals surface area contributed by atoms with E-state index in [1.54, 1.807) is 0 Å². The van der Waals surface area contributed by atoms with Crippen molar-refractivity contribution in [2.24, 2.45) is 5.41 Å². The molecule has 1 aliphatic rings. The molecule has 2 rings (SSSR count). The Balaban J connectivity index is 1.82. The third kappa shape index (κ3) is 4.82. The van der Waals surface area contributed by atoms with Gasteiger partial charge in [-0.1, -0.05) is 26.0 Å². The lowest BCUT2D eigenvalue weighted by atomic mass is 9.75. The van der Waals surface area contributed by atoms with Crippen LogP contribution >= 0.6 is 0 Å². The highest BCUT2D eigenvalue weighted by atomic mass is 16.5. The zero-order chi connectivity index (χ0) is 14.6. The molecule has 0 aliphatic heterocycles. The van der Waals surface area contributed by atoms with E-state index in [1.807, 2.05) is 6.07 Å². The quantitative estimate of drug-likeness (QED) is 0.852. The molecule has 0 heterocycles. The van der Waals surface area contributed by atoms with E-state index in [2.05, 4.69) is 51.2 Å². The van der Waals surface area contributed by atoms with Crippen molar-refractivity contribution in [1.82, 2.24) is 5.32 Å². The number of hydrogen-bond acceptors (Lipinski definition) is 2. The Bertz CT molecular complexity index is 415. The Morgan fingerprint density at radius 2 is 1.95 bits per heavy atom. The molecule has 0 unspecified atom stereocenters. The van der Waals surface area contributed by atoms with E-state index < -0.39 is 0 Å². The molecule has 2 nitrogen and oxygen atoms in total. The Labute approximate surface area is 123 Å². The summed E-state index contributed by atoms with van der Waals surface area (Å²) in [6, 6.07) is 9.12. The molecule has 20 heavy (non-hydrogen) atoms. The minimum absolute atomic E-state index is 0.235. The van der Waals surface area contributed by atoms with Crippen molar-refractivity contribution in [3.05, 3.63) is 29.8 Å². The van der Waals surface area contributed by atoms with Crippen LogP contribution in [-0.4, -0.2) is 12.1 Å². The van der Waals surface area contributed by atoms with Crippen molar-refractivity contribution < 1.29 is 4.74 Å². The summed E-state index contributed by atoms with van der Waals surface area (Å²) in [5.74, 6) is 0.976. The molecule has 1 N–H and O–H groups in total. The Hall–Kier alpha value is -1.02. The molecular formula is C18H29NO. The van der Waals surface area contributed by atoms with E-state index in [9.17, 15) is 0 Å². The van der Waals surface area contributed by atoms with E-state index in [1.165, 1.54) is 31.2 Å². The summed E-state index contributed by atoms with van der Waals surface area (Å²) >= 11 is 0. The smallest absolute Gasteiger partial charge is 0.120 e. The molecule has 1 saturated carbocycles. The molecule has 0 radical (unpaired) electrons. The van der Waals surface area contributed by atoms with Crippen LogP contribution in [0.4, 0.5) is 0 Å². The summed E-state index contributed by atoms with van der Waals surface area (Å²) in [7, 11) is 0. The lowest BCUT2D eigenvalue weighted by Crippen LogP contribution is -2.35. The highest BCUT2D eigenvalue weighted by molar-refractivity contribution is 5.28. The van der Waals surface area contributed by atoms with Crippen molar-refractivity contribution in [2.45, 2.75) is 72.1 Å². The predicted molar refractivity (Wildman–Crippen MR) is 85.1 cm³/mol. The van der Waals surface area contributed by atoms with Crippen LogP contribution in [0.3, 0.4) is 0 Å². The first-order chi connectivity index (χ1) is 9.44. The van der Waals surface area contributed by atoms with Gasteiger partial charge in [-0.05, 0) is 62.6 Å². The van der Waals surface area contributed by atoms with Gasteiger partial charge in [-0.15, -0.1) is 0 Å².